The van der Waals surface area contributed by atoms with Gasteiger partial charge in [-0.05, 0) is 0 Å². The summed E-state index contributed by atoms with van der Waals surface area (Å²) >= 11 is 11.6. The SMILES string of the molecule is COC1OC(CCl)C(Cl)C2OS(=O)(=O)OC12. The lowest BCUT2D eigenvalue weighted by Crippen LogP contribution is -2.55. The Balaban J connectivity index is 2.24. The summed E-state index contributed by atoms with van der Waals surface area (Å²) in [5, 5.41) is -0.703. The topological polar surface area (TPSA) is 71.1 Å². The van der Waals surface area contributed by atoms with Crippen LogP contribution in [-0.2, 0) is 28.2 Å². The first-order valence-corrected chi connectivity index (χ1v) is 6.78. The maximum atomic E-state index is 11.2. The van der Waals surface area contributed by atoms with Gasteiger partial charge >= 0.3 is 10.4 Å². The molecule has 9 heteroatoms. The molecule has 0 saturated carbocycles. The van der Waals surface area contributed by atoms with Crippen molar-refractivity contribution in [2.24, 2.45) is 0 Å². The number of methoxy groups -OCH3 is 1. The highest BCUT2D eigenvalue weighted by atomic mass is 35.5. The zero-order valence-electron chi connectivity index (χ0n) is 8.21. The molecular formula is C7H10Cl2O6S. The van der Waals surface area contributed by atoms with E-state index in [-0.39, 0.29) is 5.88 Å². The molecule has 0 aromatic rings. The first-order valence-electron chi connectivity index (χ1n) is 4.48. The molecule has 6 nitrogen and oxygen atoms in total. The van der Waals surface area contributed by atoms with Gasteiger partial charge in [-0.2, -0.15) is 8.42 Å². The second-order valence-electron chi connectivity index (χ2n) is 3.41. The van der Waals surface area contributed by atoms with E-state index < -0.39 is 40.4 Å². The molecule has 0 amide bonds. The zero-order valence-corrected chi connectivity index (χ0v) is 10.5. The van der Waals surface area contributed by atoms with E-state index in [1.807, 2.05) is 0 Å². The van der Waals surface area contributed by atoms with E-state index in [9.17, 15) is 8.42 Å². The van der Waals surface area contributed by atoms with Crippen molar-refractivity contribution < 1.29 is 26.3 Å². The highest BCUT2D eigenvalue weighted by molar-refractivity contribution is 7.82. The lowest BCUT2D eigenvalue weighted by molar-refractivity contribution is -0.225. The average molecular weight is 293 g/mol. The molecule has 2 aliphatic rings. The maximum absolute atomic E-state index is 11.2. The Kier molecular flexibility index (Phi) is 3.66. The van der Waals surface area contributed by atoms with Gasteiger partial charge in [-0.25, -0.2) is 8.37 Å². The van der Waals surface area contributed by atoms with Gasteiger partial charge in [-0.15, -0.1) is 23.2 Å². The number of halogens is 2. The monoisotopic (exact) mass is 292 g/mol. The minimum atomic E-state index is -4.02. The third-order valence-corrected chi connectivity index (χ3v) is 4.16. The number of rotatable bonds is 2. The molecule has 0 aromatic carbocycles. The first-order chi connectivity index (χ1) is 7.48. The van der Waals surface area contributed by atoms with Gasteiger partial charge in [-0.1, -0.05) is 0 Å². The van der Waals surface area contributed by atoms with Gasteiger partial charge in [0.05, 0.1) is 17.4 Å². The minimum absolute atomic E-state index is 0.112. The van der Waals surface area contributed by atoms with E-state index in [1.165, 1.54) is 7.11 Å². The fourth-order valence-corrected chi connectivity index (χ4v) is 3.47. The van der Waals surface area contributed by atoms with Crippen LogP contribution in [0.25, 0.3) is 0 Å². The van der Waals surface area contributed by atoms with E-state index in [4.69, 9.17) is 41.0 Å². The normalized spacial score (nSPS) is 46.6. The van der Waals surface area contributed by atoms with Crippen LogP contribution in [-0.4, -0.2) is 51.4 Å². The van der Waals surface area contributed by atoms with Crippen LogP contribution in [0.2, 0.25) is 0 Å². The molecule has 94 valence electrons. The highest BCUT2D eigenvalue weighted by Crippen LogP contribution is 2.36. The number of ether oxygens (including phenoxy) is 2. The largest absolute Gasteiger partial charge is 0.400 e. The van der Waals surface area contributed by atoms with Crippen LogP contribution in [0.15, 0.2) is 0 Å². The van der Waals surface area contributed by atoms with Gasteiger partial charge in [-0.3, -0.25) is 0 Å². The lowest BCUT2D eigenvalue weighted by Gasteiger charge is -2.37. The molecule has 0 aromatic heterocycles. The van der Waals surface area contributed by atoms with Crippen molar-refractivity contribution in [1.82, 2.24) is 0 Å². The van der Waals surface area contributed by atoms with Gasteiger partial charge in [0.25, 0.3) is 0 Å². The summed E-state index contributed by atoms with van der Waals surface area (Å²) < 4.78 is 42.0. The number of fused-ring (bicyclic) bond motifs is 1. The molecular weight excluding hydrogens is 283 g/mol. The van der Waals surface area contributed by atoms with Crippen molar-refractivity contribution >= 4 is 33.6 Å². The van der Waals surface area contributed by atoms with Crippen LogP contribution in [0.3, 0.4) is 0 Å². The van der Waals surface area contributed by atoms with Crippen LogP contribution < -0.4 is 0 Å². The summed E-state index contributed by atoms with van der Waals surface area (Å²) in [6.45, 7) is 0. The quantitative estimate of drug-likeness (QED) is 0.679. The van der Waals surface area contributed by atoms with Crippen LogP contribution >= 0.6 is 23.2 Å². The van der Waals surface area contributed by atoms with Gasteiger partial charge in [0.2, 0.25) is 0 Å². The van der Waals surface area contributed by atoms with E-state index in [0.29, 0.717) is 0 Å². The molecule has 16 heavy (non-hydrogen) atoms. The Labute approximate surface area is 103 Å². The van der Waals surface area contributed by atoms with E-state index in [1.54, 1.807) is 0 Å². The summed E-state index contributed by atoms with van der Waals surface area (Å²) in [5.74, 6) is 0.112. The average Bonchev–Trinajstić information content (AvgIpc) is 2.55. The van der Waals surface area contributed by atoms with Crippen molar-refractivity contribution in [3.8, 4) is 0 Å². The lowest BCUT2D eigenvalue weighted by atomic mass is 10.0. The summed E-state index contributed by atoms with van der Waals surface area (Å²) in [6, 6.07) is 0. The standard InChI is InChI=1S/C7H10Cl2O6S/c1-12-7-6-5(14-16(10,11)15-6)4(9)3(2-8)13-7/h3-7H,2H2,1H3. The first kappa shape index (κ1) is 12.8. The minimum Gasteiger partial charge on any atom is -0.353 e. The number of hydrogen-bond acceptors (Lipinski definition) is 6. The van der Waals surface area contributed by atoms with Gasteiger partial charge in [0.1, 0.15) is 6.10 Å². The molecule has 5 atom stereocenters. The Bertz CT molecular complexity index is 360. The summed E-state index contributed by atoms with van der Waals surface area (Å²) in [6.07, 6.45) is -3.14. The smallest absolute Gasteiger partial charge is 0.353 e. The molecule has 2 rings (SSSR count). The Hall–Kier alpha value is 0.370. The summed E-state index contributed by atoms with van der Waals surface area (Å²) in [4.78, 5) is 0. The van der Waals surface area contributed by atoms with Crippen LogP contribution in [0.1, 0.15) is 0 Å². The molecule has 0 spiro atoms. The molecule has 2 fully saturated rings. The molecule has 2 aliphatic heterocycles. The predicted octanol–water partition coefficient (Wildman–Crippen LogP) is 0.233. The van der Waals surface area contributed by atoms with Gasteiger partial charge in [0, 0.05) is 7.11 Å². The zero-order chi connectivity index (χ0) is 11.9. The summed E-state index contributed by atoms with van der Waals surface area (Å²) in [5.41, 5.74) is 0. The molecule has 0 bridgehead atoms. The van der Waals surface area contributed by atoms with Crippen LogP contribution in [0.4, 0.5) is 0 Å². The molecule has 2 saturated heterocycles. The van der Waals surface area contributed by atoms with Crippen molar-refractivity contribution in [1.29, 1.82) is 0 Å². The Morgan fingerprint density at radius 1 is 1.31 bits per heavy atom. The van der Waals surface area contributed by atoms with Crippen LogP contribution in [0, 0.1) is 0 Å². The third kappa shape index (κ3) is 2.17. The van der Waals surface area contributed by atoms with E-state index >= 15 is 0 Å². The molecule has 5 unspecified atom stereocenters. The van der Waals surface area contributed by atoms with Crippen molar-refractivity contribution in [2.45, 2.75) is 30.0 Å². The highest BCUT2D eigenvalue weighted by Gasteiger charge is 2.55. The maximum Gasteiger partial charge on any atom is 0.400 e. The van der Waals surface area contributed by atoms with Crippen LogP contribution in [0.5, 0.6) is 0 Å². The van der Waals surface area contributed by atoms with Crippen molar-refractivity contribution in [2.75, 3.05) is 13.0 Å². The second-order valence-corrected chi connectivity index (χ2v) is 5.42. The van der Waals surface area contributed by atoms with E-state index in [2.05, 4.69) is 0 Å². The Morgan fingerprint density at radius 3 is 2.50 bits per heavy atom. The van der Waals surface area contributed by atoms with Gasteiger partial charge < -0.3 is 9.47 Å². The van der Waals surface area contributed by atoms with Crippen molar-refractivity contribution in [3.63, 3.8) is 0 Å². The molecule has 2 heterocycles. The third-order valence-electron chi connectivity index (χ3n) is 2.41. The Morgan fingerprint density at radius 2 is 1.94 bits per heavy atom. The number of alkyl halides is 2. The predicted molar refractivity (Wildman–Crippen MR) is 54.7 cm³/mol. The summed E-state index contributed by atoms with van der Waals surface area (Å²) in [7, 11) is -2.65. The molecule has 0 aliphatic carbocycles. The fraction of sp³-hybridized carbons (Fsp3) is 1.00. The molecule has 0 radical (unpaired) electrons. The van der Waals surface area contributed by atoms with Crippen molar-refractivity contribution in [3.05, 3.63) is 0 Å². The second kappa shape index (κ2) is 4.56. The van der Waals surface area contributed by atoms with Gasteiger partial charge in [0.15, 0.2) is 12.4 Å². The number of hydrogen-bond donors (Lipinski definition) is 0. The van der Waals surface area contributed by atoms with E-state index in [0.717, 1.165) is 0 Å². The fourth-order valence-electron chi connectivity index (χ4n) is 1.69. The molecule has 0 N–H and O–H groups in total.